The highest BCUT2D eigenvalue weighted by Gasteiger charge is 2.38. The second-order valence-corrected chi connectivity index (χ2v) is 5.65. The predicted octanol–water partition coefficient (Wildman–Crippen LogP) is 1.64. The van der Waals surface area contributed by atoms with E-state index in [9.17, 15) is 15.0 Å². The molecular weight excluding hydrogens is 333 g/mol. The predicted molar refractivity (Wildman–Crippen MR) is 72.0 cm³/mol. The van der Waals surface area contributed by atoms with Gasteiger partial charge in [-0.15, -0.1) is 0 Å². The maximum Gasteiger partial charge on any atom is 0.255 e. The molecule has 0 atom stereocenters. The van der Waals surface area contributed by atoms with Crippen LogP contribution < -0.4 is 5.32 Å². The number of phenols is 1. The molecule has 1 aromatic carbocycles. The zero-order valence-corrected chi connectivity index (χ0v) is 11.4. The standard InChI is InChI=1S/C12H14INO3/c13-8-2-3-10(16)9(6-8)11(17)14-12(7-15)4-1-5-12/h2-3,6,15-16H,1,4-5,7H2,(H,14,17). The number of amides is 1. The summed E-state index contributed by atoms with van der Waals surface area (Å²) < 4.78 is 0.886. The Morgan fingerprint density at radius 1 is 1.47 bits per heavy atom. The summed E-state index contributed by atoms with van der Waals surface area (Å²) in [4.78, 5) is 12.0. The molecule has 0 bridgehead atoms. The van der Waals surface area contributed by atoms with Crippen LogP contribution in [0.4, 0.5) is 0 Å². The molecule has 0 radical (unpaired) electrons. The summed E-state index contributed by atoms with van der Waals surface area (Å²) in [5.41, 5.74) is -0.221. The zero-order valence-electron chi connectivity index (χ0n) is 9.24. The number of carbonyl (C=O) groups is 1. The highest BCUT2D eigenvalue weighted by Crippen LogP contribution is 2.32. The van der Waals surface area contributed by atoms with E-state index in [1.54, 1.807) is 12.1 Å². The second kappa shape index (κ2) is 4.81. The van der Waals surface area contributed by atoms with E-state index in [1.807, 2.05) is 0 Å². The number of phenolic OH excluding ortho intramolecular Hbond substituents is 1. The maximum absolute atomic E-state index is 12.0. The number of hydrogen-bond donors (Lipinski definition) is 3. The third kappa shape index (κ3) is 2.55. The molecule has 1 aliphatic carbocycles. The van der Waals surface area contributed by atoms with Crippen molar-refractivity contribution in [3.05, 3.63) is 27.3 Å². The van der Waals surface area contributed by atoms with Gasteiger partial charge in [0.15, 0.2) is 0 Å². The third-order valence-electron chi connectivity index (χ3n) is 3.20. The van der Waals surface area contributed by atoms with Gasteiger partial charge in [0.2, 0.25) is 0 Å². The number of nitrogens with one attached hydrogen (secondary N) is 1. The van der Waals surface area contributed by atoms with E-state index in [-0.39, 0.29) is 23.8 Å². The lowest BCUT2D eigenvalue weighted by molar-refractivity contribution is 0.0639. The fourth-order valence-corrected chi connectivity index (χ4v) is 2.42. The topological polar surface area (TPSA) is 69.6 Å². The molecule has 0 heterocycles. The van der Waals surface area contributed by atoms with Gasteiger partial charge in [-0.05, 0) is 60.1 Å². The van der Waals surface area contributed by atoms with Crippen molar-refractivity contribution in [1.29, 1.82) is 0 Å². The van der Waals surface area contributed by atoms with Crippen molar-refractivity contribution in [2.24, 2.45) is 0 Å². The molecule has 1 aliphatic rings. The van der Waals surface area contributed by atoms with Gasteiger partial charge >= 0.3 is 0 Å². The zero-order chi connectivity index (χ0) is 12.5. The Kier molecular flexibility index (Phi) is 3.58. The molecule has 0 aliphatic heterocycles. The quantitative estimate of drug-likeness (QED) is 0.729. The fourth-order valence-electron chi connectivity index (χ4n) is 1.92. The number of benzene rings is 1. The highest BCUT2D eigenvalue weighted by atomic mass is 127. The summed E-state index contributed by atoms with van der Waals surface area (Å²) in [6.07, 6.45) is 2.60. The van der Waals surface area contributed by atoms with Gasteiger partial charge in [0.05, 0.1) is 17.7 Å². The van der Waals surface area contributed by atoms with Gasteiger partial charge in [0, 0.05) is 3.57 Å². The van der Waals surface area contributed by atoms with Gasteiger partial charge in [-0.1, -0.05) is 0 Å². The lowest BCUT2D eigenvalue weighted by Gasteiger charge is -2.40. The van der Waals surface area contributed by atoms with Crippen LogP contribution in [0.25, 0.3) is 0 Å². The number of aliphatic hydroxyl groups is 1. The van der Waals surface area contributed by atoms with Crippen molar-refractivity contribution in [3.63, 3.8) is 0 Å². The lowest BCUT2D eigenvalue weighted by atomic mass is 9.77. The lowest BCUT2D eigenvalue weighted by Crippen LogP contribution is -2.56. The maximum atomic E-state index is 12.0. The average molecular weight is 347 g/mol. The number of halogens is 1. The summed E-state index contributed by atoms with van der Waals surface area (Å²) in [5.74, 6) is -0.356. The number of hydrogen-bond acceptors (Lipinski definition) is 3. The smallest absolute Gasteiger partial charge is 0.255 e. The minimum Gasteiger partial charge on any atom is -0.507 e. The molecule has 0 spiro atoms. The van der Waals surface area contributed by atoms with Gasteiger partial charge in [0.25, 0.3) is 5.91 Å². The molecule has 1 saturated carbocycles. The first-order valence-corrected chi connectivity index (χ1v) is 6.56. The number of carbonyl (C=O) groups excluding carboxylic acids is 1. The molecule has 0 aromatic heterocycles. The Balaban J connectivity index is 2.17. The molecule has 0 saturated heterocycles. The normalized spacial score (nSPS) is 17.3. The largest absolute Gasteiger partial charge is 0.507 e. The van der Waals surface area contributed by atoms with E-state index >= 15 is 0 Å². The molecule has 1 amide bonds. The van der Waals surface area contributed by atoms with E-state index in [4.69, 9.17) is 0 Å². The Labute approximate surface area is 113 Å². The molecule has 92 valence electrons. The summed E-state index contributed by atoms with van der Waals surface area (Å²) in [5, 5.41) is 21.7. The molecule has 3 N–H and O–H groups in total. The molecule has 1 fully saturated rings. The minimum absolute atomic E-state index is 0.0321. The van der Waals surface area contributed by atoms with E-state index in [2.05, 4.69) is 27.9 Å². The van der Waals surface area contributed by atoms with E-state index in [1.165, 1.54) is 6.07 Å². The number of rotatable bonds is 3. The van der Waals surface area contributed by atoms with Gasteiger partial charge in [0.1, 0.15) is 5.75 Å². The van der Waals surface area contributed by atoms with Crippen molar-refractivity contribution < 1.29 is 15.0 Å². The van der Waals surface area contributed by atoms with Crippen LogP contribution in [0.1, 0.15) is 29.6 Å². The minimum atomic E-state index is -0.481. The van der Waals surface area contributed by atoms with Crippen LogP contribution in [0.15, 0.2) is 18.2 Å². The number of aromatic hydroxyl groups is 1. The first kappa shape index (κ1) is 12.6. The molecule has 0 unspecified atom stereocenters. The monoisotopic (exact) mass is 347 g/mol. The van der Waals surface area contributed by atoms with Crippen molar-refractivity contribution >= 4 is 28.5 Å². The molecule has 5 heteroatoms. The van der Waals surface area contributed by atoms with Crippen LogP contribution in [0, 0.1) is 3.57 Å². The van der Waals surface area contributed by atoms with Crippen LogP contribution >= 0.6 is 22.6 Å². The first-order chi connectivity index (χ1) is 8.06. The van der Waals surface area contributed by atoms with Crippen molar-refractivity contribution in [2.75, 3.05) is 6.61 Å². The molecule has 4 nitrogen and oxygen atoms in total. The molecule has 17 heavy (non-hydrogen) atoms. The third-order valence-corrected chi connectivity index (χ3v) is 3.87. The summed E-state index contributed by atoms with van der Waals surface area (Å²) in [6, 6.07) is 4.87. The summed E-state index contributed by atoms with van der Waals surface area (Å²) in [6.45, 7) is -0.0522. The van der Waals surface area contributed by atoms with Gasteiger partial charge in [-0.2, -0.15) is 0 Å². The van der Waals surface area contributed by atoms with Gasteiger partial charge < -0.3 is 15.5 Å². The summed E-state index contributed by atoms with van der Waals surface area (Å²) >= 11 is 2.08. The van der Waals surface area contributed by atoms with Gasteiger partial charge in [-0.25, -0.2) is 0 Å². The summed E-state index contributed by atoms with van der Waals surface area (Å²) in [7, 11) is 0. The molecular formula is C12H14INO3. The van der Waals surface area contributed by atoms with Crippen molar-refractivity contribution in [2.45, 2.75) is 24.8 Å². The molecule has 1 aromatic rings. The van der Waals surface area contributed by atoms with Crippen molar-refractivity contribution in [1.82, 2.24) is 5.32 Å². The Morgan fingerprint density at radius 2 is 2.18 bits per heavy atom. The van der Waals surface area contributed by atoms with Crippen LogP contribution in [0.5, 0.6) is 5.75 Å². The van der Waals surface area contributed by atoms with Crippen LogP contribution in [-0.2, 0) is 0 Å². The van der Waals surface area contributed by atoms with Crippen LogP contribution in [-0.4, -0.2) is 28.3 Å². The van der Waals surface area contributed by atoms with E-state index in [0.29, 0.717) is 0 Å². The Morgan fingerprint density at radius 3 is 2.71 bits per heavy atom. The van der Waals surface area contributed by atoms with Crippen LogP contribution in [0.2, 0.25) is 0 Å². The second-order valence-electron chi connectivity index (χ2n) is 4.41. The molecule has 2 rings (SSSR count). The highest BCUT2D eigenvalue weighted by molar-refractivity contribution is 14.1. The average Bonchev–Trinajstić information content (AvgIpc) is 2.26. The Bertz CT molecular complexity index is 438. The SMILES string of the molecule is O=C(NC1(CO)CCC1)c1cc(I)ccc1O. The van der Waals surface area contributed by atoms with E-state index in [0.717, 1.165) is 22.8 Å². The number of aliphatic hydroxyl groups excluding tert-OH is 1. The first-order valence-electron chi connectivity index (χ1n) is 5.48. The van der Waals surface area contributed by atoms with Crippen molar-refractivity contribution in [3.8, 4) is 5.75 Å². The van der Waals surface area contributed by atoms with Gasteiger partial charge in [-0.3, -0.25) is 4.79 Å². The fraction of sp³-hybridized carbons (Fsp3) is 0.417. The van der Waals surface area contributed by atoms with Crippen LogP contribution in [0.3, 0.4) is 0 Å². The van der Waals surface area contributed by atoms with E-state index < -0.39 is 5.54 Å². The Hall–Kier alpha value is -0.820.